The first kappa shape index (κ1) is 29.1. The van der Waals surface area contributed by atoms with Crippen LogP contribution in [0, 0.1) is 6.92 Å². The zero-order chi connectivity index (χ0) is 30.0. The lowest BCUT2D eigenvalue weighted by atomic mass is 10.2. The molecule has 1 saturated heterocycles. The van der Waals surface area contributed by atoms with E-state index in [1.807, 2.05) is 58.9 Å². The van der Waals surface area contributed by atoms with E-state index >= 15 is 0 Å². The molecule has 43 heavy (non-hydrogen) atoms. The van der Waals surface area contributed by atoms with Gasteiger partial charge in [0.05, 0.1) is 17.2 Å². The number of hydrogen-bond acceptors (Lipinski definition) is 7. The van der Waals surface area contributed by atoms with Crippen LogP contribution in [-0.2, 0) is 27.8 Å². The summed E-state index contributed by atoms with van der Waals surface area (Å²) in [4.78, 5) is 28.2. The molecule has 0 spiro atoms. The number of amides is 2. The summed E-state index contributed by atoms with van der Waals surface area (Å²) in [5, 5.41) is 12.2. The standard InChI is InChI=1S/C31H32N6O4S2/c1-22-7-6-9-25(19-22)37-28(33-34-31(37)42-21-29(38)36-18-15-23-8-2-3-10-27(23)36)20-32-30(39)24-11-13-26(14-12-24)43(40,41)35-16-4-5-17-35/h2-3,6-14,19H,4-5,15-18,20-21H2,1H3,(H,32,39). The number of carbonyl (C=O) groups is 2. The van der Waals surface area contributed by atoms with Crippen molar-refractivity contribution in [2.45, 2.75) is 42.8 Å². The Labute approximate surface area is 255 Å². The van der Waals surface area contributed by atoms with E-state index in [2.05, 4.69) is 21.6 Å². The van der Waals surface area contributed by atoms with Gasteiger partial charge in [-0.05, 0) is 79.8 Å². The molecule has 1 aromatic heterocycles. The second-order valence-corrected chi connectivity index (χ2v) is 13.5. The van der Waals surface area contributed by atoms with Crippen LogP contribution >= 0.6 is 11.8 Å². The van der Waals surface area contributed by atoms with Gasteiger partial charge < -0.3 is 10.2 Å². The highest BCUT2D eigenvalue weighted by molar-refractivity contribution is 7.99. The Morgan fingerprint density at radius 3 is 2.47 bits per heavy atom. The molecule has 12 heteroatoms. The van der Waals surface area contributed by atoms with Gasteiger partial charge in [0.1, 0.15) is 0 Å². The molecule has 0 bridgehead atoms. The highest BCUT2D eigenvalue weighted by atomic mass is 32.2. The Kier molecular flexibility index (Phi) is 8.33. The summed E-state index contributed by atoms with van der Waals surface area (Å²) in [6, 6.07) is 21.8. The average Bonchev–Trinajstić information content (AvgIpc) is 3.79. The van der Waals surface area contributed by atoms with Gasteiger partial charge in [-0.1, -0.05) is 42.1 Å². The molecule has 6 rings (SSSR count). The molecule has 0 atom stereocenters. The molecular formula is C31H32N6O4S2. The lowest BCUT2D eigenvalue weighted by molar-refractivity contribution is -0.116. The van der Waals surface area contributed by atoms with Gasteiger partial charge in [0, 0.05) is 36.6 Å². The third-order valence-electron chi connectivity index (χ3n) is 7.70. The maximum absolute atomic E-state index is 13.2. The normalized spacial score (nSPS) is 15.0. The van der Waals surface area contributed by atoms with Crippen molar-refractivity contribution >= 4 is 39.3 Å². The van der Waals surface area contributed by atoms with Crippen LogP contribution in [0.5, 0.6) is 0 Å². The van der Waals surface area contributed by atoms with Gasteiger partial charge in [-0.15, -0.1) is 10.2 Å². The quantitative estimate of drug-likeness (QED) is 0.283. The predicted octanol–water partition coefficient (Wildman–Crippen LogP) is 3.97. The summed E-state index contributed by atoms with van der Waals surface area (Å²) < 4.78 is 29.0. The first-order valence-corrected chi connectivity index (χ1v) is 16.6. The number of benzene rings is 3. The van der Waals surface area contributed by atoms with Crippen LogP contribution < -0.4 is 10.2 Å². The van der Waals surface area contributed by atoms with Gasteiger partial charge in [0.2, 0.25) is 15.9 Å². The van der Waals surface area contributed by atoms with Crippen molar-refractivity contribution < 1.29 is 18.0 Å². The summed E-state index contributed by atoms with van der Waals surface area (Å²) in [6.45, 7) is 3.77. The first-order valence-electron chi connectivity index (χ1n) is 14.2. The smallest absolute Gasteiger partial charge is 0.251 e. The molecule has 3 heterocycles. The molecule has 10 nitrogen and oxygen atoms in total. The van der Waals surface area contributed by atoms with Crippen molar-refractivity contribution in [3.63, 3.8) is 0 Å². The number of fused-ring (bicyclic) bond motifs is 1. The fraction of sp³-hybridized carbons (Fsp3) is 0.290. The number of aryl methyl sites for hydroxylation is 1. The van der Waals surface area contributed by atoms with Crippen LogP contribution in [0.15, 0.2) is 82.8 Å². The Morgan fingerprint density at radius 2 is 1.70 bits per heavy atom. The minimum absolute atomic E-state index is 0.00112. The van der Waals surface area contributed by atoms with E-state index in [1.54, 1.807) is 0 Å². The van der Waals surface area contributed by atoms with Gasteiger partial charge in [0.15, 0.2) is 11.0 Å². The van der Waals surface area contributed by atoms with Crippen LogP contribution in [0.25, 0.3) is 5.69 Å². The molecule has 222 valence electrons. The minimum atomic E-state index is -3.55. The number of anilines is 1. The van der Waals surface area contributed by atoms with E-state index in [0.29, 0.717) is 36.2 Å². The van der Waals surface area contributed by atoms with Gasteiger partial charge in [-0.3, -0.25) is 14.2 Å². The summed E-state index contributed by atoms with van der Waals surface area (Å²) in [6.07, 6.45) is 2.56. The van der Waals surface area contributed by atoms with Crippen molar-refractivity contribution in [2.24, 2.45) is 0 Å². The lowest BCUT2D eigenvalue weighted by Gasteiger charge is -2.17. The third-order valence-corrected chi connectivity index (χ3v) is 10.5. The van der Waals surface area contributed by atoms with Crippen LogP contribution in [0.2, 0.25) is 0 Å². The number of carbonyl (C=O) groups excluding carboxylic acids is 2. The lowest BCUT2D eigenvalue weighted by Crippen LogP contribution is -2.30. The van der Waals surface area contributed by atoms with Gasteiger partial charge in [-0.2, -0.15) is 4.31 Å². The fourth-order valence-corrected chi connectivity index (χ4v) is 7.82. The van der Waals surface area contributed by atoms with Crippen LogP contribution in [0.3, 0.4) is 0 Å². The zero-order valence-corrected chi connectivity index (χ0v) is 25.4. The maximum atomic E-state index is 13.2. The second-order valence-electron chi connectivity index (χ2n) is 10.6. The van der Waals surface area contributed by atoms with Crippen molar-refractivity contribution in [1.82, 2.24) is 24.4 Å². The Balaban J connectivity index is 1.16. The van der Waals surface area contributed by atoms with E-state index < -0.39 is 10.0 Å². The van der Waals surface area contributed by atoms with Gasteiger partial charge in [0.25, 0.3) is 5.91 Å². The van der Waals surface area contributed by atoms with E-state index in [-0.39, 0.29) is 29.0 Å². The van der Waals surface area contributed by atoms with E-state index in [9.17, 15) is 18.0 Å². The molecule has 2 aliphatic heterocycles. The Bertz CT molecular complexity index is 1770. The summed E-state index contributed by atoms with van der Waals surface area (Å²) >= 11 is 1.31. The third kappa shape index (κ3) is 6.08. The van der Waals surface area contributed by atoms with E-state index in [0.717, 1.165) is 36.2 Å². The molecule has 3 aromatic carbocycles. The summed E-state index contributed by atoms with van der Waals surface area (Å²) in [7, 11) is -3.55. The van der Waals surface area contributed by atoms with Crippen LogP contribution in [-0.4, -0.2) is 64.7 Å². The highest BCUT2D eigenvalue weighted by Crippen LogP contribution is 2.29. The molecule has 0 unspecified atom stereocenters. The topological polar surface area (TPSA) is 117 Å². The number of nitrogens with one attached hydrogen (secondary N) is 1. The number of aromatic nitrogens is 3. The van der Waals surface area contributed by atoms with Crippen LogP contribution in [0.4, 0.5) is 5.69 Å². The van der Waals surface area contributed by atoms with Gasteiger partial charge >= 0.3 is 0 Å². The molecule has 4 aromatic rings. The molecule has 0 saturated carbocycles. The molecule has 0 aliphatic carbocycles. The maximum Gasteiger partial charge on any atom is 0.251 e. The fourth-order valence-electron chi connectivity index (χ4n) is 5.45. The number of hydrogen-bond donors (Lipinski definition) is 1. The number of para-hydroxylation sites is 1. The number of nitrogens with zero attached hydrogens (tertiary/aromatic N) is 5. The number of rotatable bonds is 9. The van der Waals surface area contributed by atoms with Gasteiger partial charge in [-0.25, -0.2) is 8.42 Å². The summed E-state index contributed by atoms with van der Waals surface area (Å²) in [5.74, 6) is 0.338. The van der Waals surface area contributed by atoms with Crippen molar-refractivity contribution in [3.8, 4) is 5.69 Å². The molecule has 1 fully saturated rings. The van der Waals surface area contributed by atoms with Crippen LogP contribution in [0.1, 0.15) is 40.2 Å². The predicted molar refractivity (Wildman–Crippen MR) is 165 cm³/mol. The SMILES string of the molecule is Cc1cccc(-n2c(CNC(=O)c3ccc(S(=O)(=O)N4CCCC4)cc3)nnc2SCC(=O)N2CCc3ccccc32)c1. The Morgan fingerprint density at radius 1 is 0.930 bits per heavy atom. The van der Waals surface area contributed by atoms with Crippen molar-refractivity contribution in [2.75, 3.05) is 30.3 Å². The first-order chi connectivity index (χ1) is 20.8. The zero-order valence-electron chi connectivity index (χ0n) is 23.8. The molecule has 2 aliphatic rings. The second kappa shape index (κ2) is 12.3. The number of sulfonamides is 1. The summed E-state index contributed by atoms with van der Waals surface area (Å²) in [5.41, 5.74) is 4.34. The molecule has 2 amide bonds. The number of thioether (sulfide) groups is 1. The molecule has 1 N–H and O–H groups in total. The van der Waals surface area contributed by atoms with Crippen molar-refractivity contribution in [3.05, 3.63) is 95.3 Å². The minimum Gasteiger partial charge on any atom is -0.345 e. The van der Waals surface area contributed by atoms with E-state index in [4.69, 9.17) is 0 Å². The van der Waals surface area contributed by atoms with E-state index in [1.165, 1.54) is 45.9 Å². The largest absolute Gasteiger partial charge is 0.345 e. The monoisotopic (exact) mass is 616 g/mol. The Hall–Kier alpha value is -4.00. The highest BCUT2D eigenvalue weighted by Gasteiger charge is 2.28. The molecular weight excluding hydrogens is 585 g/mol. The average molecular weight is 617 g/mol. The molecule has 0 radical (unpaired) electrons. The van der Waals surface area contributed by atoms with Crippen molar-refractivity contribution in [1.29, 1.82) is 0 Å².